The second kappa shape index (κ2) is 7.63. The first-order valence-corrected chi connectivity index (χ1v) is 10.3. The Morgan fingerprint density at radius 2 is 1.52 bits per heavy atom. The Balaban J connectivity index is 1.57. The molecule has 5 nitrogen and oxygen atoms in total. The van der Waals surface area contributed by atoms with Gasteiger partial charge in [-0.1, -0.05) is 49.4 Å². The number of para-hydroxylation sites is 1. The molecular weight excluding hydrogens is 395 g/mol. The van der Waals surface area contributed by atoms with Gasteiger partial charge in [0, 0.05) is 0 Å². The summed E-state index contributed by atoms with van der Waals surface area (Å²) in [5.41, 5.74) is 3.21. The largest absolute Gasteiger partial charge is 0.273 e. The van der Waals surface area contributed by atoms with Crippen LogP contribution < -0.4 is 9.96 Å². The maximum Gasteiger partial charge on any atom is 0.266 e. The summed E-state index contributed by atoms with van der Waals surface area (Å²) in [4.78, 5) is 33.9. The summed E-state index contributed by atoms with van der Waals surface area (Å²) < 4.78 is 13.4. The first-order chi connectivity index (χ1) is 15.1. The summed E-state index contributed by atoms with van der Waals surface area (Å²) in [6.07, 6.45) is -0.0281. The third-order valence-corrected chi connectivity index (χ3v) is 5.94. The SMILES string of the molecule is CCc1ccc([C@@H]2[C@H]3C(=O)N(c4ccc(F)cc4)C(=O)[C@@H]3ON2c2ccccc2)cc1. The zero-order valence-electron chi connectivity index (χ0n) is 16.9. The van der Waals surface area contributed by atoms with Crippen molar-refractivity contribution in [2.45, 2.75) is 25.5 Å². The van der Waals surface area contributed by atoms with Gasteiger partial charge in [-0.3, -0.25) is 14.4 Å². The van der Waals surface area contributed by atoms with Gasteiger partial charge in [-0.25, -0.2) is 14.4 Å². The highest BCUT2D eigenvalue weighted by Crippen LogP contribution is 2.47. The fourth-order valence-corrected chi connectivity index (χ4v) is 4.35. The van der Waals surface area contributed by atoms with E-state index in [-0.39, 0.29) is 5.91 Å². The van der Waals surface area contributed by atoms with E-state index in [4.69, 9.17) is 4.84 Å². The van der Waals surface area contributed by atoms with Crippen LogP contribution in [0.1, 0.15) is 24.1 Å². The van der Waals surface area contributed by atoms with Crippen LogP contribution in [0.5, 0.6) is 0 Å². The molecule has 3 aromatic rings. The van der Waals surface area contributed by atoms with E-state index in [1.165, 1.54) is 29.8 Å². The molecule has 0 spiro atoms. The second-order valence-electron chi connectivity index (χ2n) is 7.74. The monoisotopic (exact) mass is 416 g/mol. The highest BCUT2D eigenvalue weighted by molar-refractivity contribution is 6.23. The average molecular weight is 416 g/mol. The Morgan fingerprint density at radius 1 is 0.839 bits per heavy atom. The smallest absolute Gasteiger partial charge is 0.266 e. The van der Waals surface area contributed by atoms with Crippen LogP contribution in [0, 0.1) is 11.7 Å². The molecule has 2 heterocycles. The van der Waals surface area contributed by atoms with E-state index in [0.717, 1.165) is 22.6 Å². The fourth-order valence-electron chi connectivity index (χ4n) is 4.35. The van der Waals surface area contributed by atoms with Gasteiger partial charge in [0.2, 0.25) is 5.91 Å². The highest BCUT2D eigenvalue weighted by atomic mass is 19.1. The van der Waals surface area contributed by atoms with Gasteiger partial charge in [0.05, 0.1) is 17.4 Å². The molecular formula is C25H21FN2O3. The molecule has 3 aromatic carbocycles. The molecule has 31 heavy (non-hydrogen) atoms. The maximum absolute atomic E-state index is 13.5. The number of amides is 2. The molecule has 0 N–H and O–H groups in total. The lowest BCUT2D eigenvalue weighted by molar-refractivity contribution is -0.126. The van der Waals surface area contributed by atoms with E-state index in [1.54, 1.807) is 5.06 Å². The van der Waals surface area contributed by atoms with Crippen molar-refractivity contribution in [1.29, 1.82) is 0 Å². The second-order valence-corrected chi connectivity index (χ2v) is 7.74. The molecule has 2 aliphatic heterocycles. The molecule has 2 fully saturated rings. The minimum absolute atomic E-state index is 0.343. The van der Waals surface area contributed by atoms with Crippen molar-refractivity contribution in [2.75, 3.05) is 9.96 Å². The lowest BCUT2D eigenvalue weighted by atomic mass is 9.90. The maximum atomic E-state index is 13.5. The van der Waals surface area contributed by atoms with Gasteiger partial charge in [-0.2, -0.15) is 0 Å². The van der Waals surface area contributed by atoms with Crippen LogP contribution in [0.3, 0.4) is 0 Å². The van der Waals surface area contributed by atoms with Gasteiger partial charge in [0.25, 0.3) is 5.91 Å². The number of carbonyl (C=O) groups is 2. The first kappa shape index (κ1) is 19.5. The summed E-state index contributed by atoms with van der Waals surface area (Å²) in [7, 11) is 0. The number of hydroxylamine groups is 1. The third-order valence-electron chi connectivity index (χ3n) is 5.94. The zero-order valence-corrected chi connectivity index (χ0v) is 16.9. The third kappa shape index (κ3) is 3.20. The van der Waals surface area contributed by atoms with Crippen molar-refractivity contribution in [3.05, 3.63) is 95.8 Å². The number of nitrogens with zero attached hydrogens (tertiary/aromatic N) is 2. The molecule has 2 amide bonds. The number of rotatable bonds is 4. The van der Waals surface area contributed by atoms with E-state index < -0.39 is 29.8 Å². The number of hydrogen-bond acceptors (Lipinski definition) is 4. The number of aryl methyl sites for hydroxylation is 1. The predicted molar refractivity (Wildman–Crippen MR) is 115 cm³/mol. The van der Waals surface area contributed by atoms with Crippen molar-refractivity contribution in [3.8, 4) is 0 Å². The number of imide groups is 1. The van der Waals surface area contributed by atoms with Crippen LogP contribution in [-0.2, 0) is 20.8 Å². The quantitative estimate of drug-likeness (QED) is 0.590. The average Bonchev–Trinajstić information content (AvgIpc) is 3.31. The van der Waals surface area contributed by atoms with E-state index in [2.05, 4.69) is 6.92 Å². The summed E-state index contributed by atoms with van der Waals surface area (Å²) in [5, 5.41) is 1.67. The lowest BCUT2D eigenvalue weighted by Crippen LogP contribution is -2.37. The molecule has 0 bridgehead atoms. The van der Waals surface area contributed by atoms with Crippen LogP contribution in [0.2, 0.25) is 0 Å². The summed E-state index contributed by atoms with van der Waals surface area (Å²) >= 11 is 0. The van der Waals surface area contributed by atoms with E-state index in [1.807, 2.05) is 54.6 Å². The summed E-state index contributed by atoms with van der Waals surface area (Å²) in [6, 6.07) is 22.4. The molecule has 6 heteroatoms. The van der Waals surface area contributed by atoms with Crippen LogP contribution >= 0.6 is 0 Å². The Labute approximate surface area is 179 Å². The zero-order chi connectivity index (χ0) is 21.5. The molecule has 0 unspecified atom stereocenters. The standard InChI is InChI=1S/C25H21FN2O3/c1-2-16-8-10-17(11-9-16)22-21-23(31-28(22)20-6-4-3-5-7-20)25(30)27(24(21)29)19-14-12-18(26)13-15-19/h3-15,21-23H,2H2,1H3/t21-,22-,23-/m1/s1. The van der Waals surface area contributed by atoms with Crippen LogP contribution in [0.15, 0.2) is 78.9 Å². The van der Waals surface area contributed by atoms with E-state index in [0.29, 0.717) is 5.69 Å². The Morgan fingerprint density at radius 3 is 2.16 bits per heavy atom. The van der Waals surface area contributed by atoms with Crippen LogP contribution in [-0.4, -0.2) is 17.9 Å². The van der Waals surface area contributed by atoms with E-state index in [9.17, 15) is 14.0 Å². The molecule has 2 aliphatic rings. The summed E-state index contributed by atoms with van der Waals surface area (Å²) in [5.74, 6) is -1.91. The number of carbonyl (C=O) groups excluding carboxylic acids is 2. The lowest BCUT2D eigenvalue weighted by Gasteiger charge is -2.28. The number of fused-ring (bicyclic) bond motifs is 1. The molecule has 156 valence electrons. The molecule has 3 atom stereocenters. The molecule has 0 aliphatic carbocycles. The van der Waals surface area contributed by atoms with Gasteiger partial charge in [0.1, 0.15) is 11.7 Å². The van der Waals surface area contributed by atoms with Crippen molar-refractivity contribution in [1.82, 2.24) is 0 Å². The van der Waals surface area contributed by atoms with Crippen LogP contribution in [0.25, 0.3) is 0 Å². The van der Waals surface area contributed by atoms with Crippen molar-refractivity contribution < 1.29 is 18.8 Å². The number of anilines is 2. The minimum Gasteiger partial charge on any atom is -0.273 e. The molecule has 5 rings (SSSR count). The van der Waals surface area contributed by atoms with Gasteiger partial charge >= 0.3 is 0 Å². The van der Waals surface area contributed by atoms with Crippen molar-refractivity contribution in [3.63, 3.8) is 0 Å². The number of hydrogen-bond donors (Lipinski definition) is 0. The minimum atomic E-state index is -0.936. The van der Waals surface area contributed by atoms with Gasteiger partial charge in [-0.15, -0.1) is 0 Å². The molecule has 0 saturated carbocycles. The normalized spacial score (nSPS) is 22.8. The van der Waals surface area contributed by atoms with E-state index >= 15 is 0 Å². The molecule has 0 radical (unpaired) electrons. The van der Waals surface area contributed by atoms with Gasteiger partial charge in [0.15, 0.2) is 6.10 Å². The van der Waals surface area contributed by atoms with Crippen molar-refractivity contribution >= 4 is 23.2 Å². The Bertz CT molecular complexity index is 1120. The van der Waals surface area contributed by atoms with Crippen molar-refractivity contribution in [2.24, 2.45) is 5.92 Å². The summed E-state index contributed by atoms with van der Waals surface area (Å²) in [6.45, 7) is 2.08. The van der Waals surface area contributed by atoms with Gasteiger partial charge < -0.3 is 0 Å². The Kier molecular flexibility index (Phi) is 4.79. The fraction of sp³-hybridized carbons (Fsp3) is 0.200. The first-order valence-electron chi connectivity index (χ1n) is 10.3. The topological polar surface area (TPSA) is 49.9 Å². The highest BCUT2D eigenvalue weighted by Gasteiger charge is 2.60. The number of benzene rings is 3. The molecule has 0 aromatic heterocycles. The number of halogens is 1. The predicted octanol–water partition coefficient (Wildman–Crippen LogP) is 4.44. The molecule has 2 saturated heterocycles. The van der Waals surface area contributed by atoms with Gasteiger partial charge in [-0.05, 0) is 53.9 Å². The Hall–Kier alpha value is -3.51. The van der Waals surface area contributed by atoms with Crippen LogP contribution in [0.4, 0.5) is 15.8 Å².